The molecule has 1 unspecified atom stereocenters. The van der Waals surface area contributed by atoms with E-state index in [9.17, 15) is 4.79 Å². The zero-order valence-electron chi connectivity index (χ0n) is 20.2. The lowest BCUT2D eigenvalue weighted by molar-refractivity contribution is -0.126. The van der Waals surface area contributed by atoms with Gasteiger partial charge in [-0.2, -0.15) is 0 Å². The van der Waals surface area contributed by atoms with Gasteiger partial charge in [-0.1, -0.05) is 42.5 Å². The van der Waals surface area contributed by atoms with Gasteiger partial charge < -0.3 is 10.2 Å². The summed E-state index contributed by atoms with van der Waals surface area (Å²) in [6, 6.07) is 19.4. The molecule has 1 N–H and O–H groups in total. The third kappa shape index (κ3) is 7.31. The summed E-state index contributed by atoms with van der Waals surface area (Å²) in [7, 11) is 0. The number of rotatable bonds is 9. The first kappa shape index (κ1) is 23.8. The Bertz CT molecular complexity index is 863. The van der Waals surface area contributed by atoms with Gasteiger partial charge in [-0.25, -0.2) is 0 Å². The summed E-state index contributed by atoms with van der Waals surface area (Å²) in [5, 5.41) is 3.22. The molecule has 0 aromatic heterocycles. The van der Waals surface area contributed by atoms with Crippen molar-refractivity contribution in [3.63, 3.8) is 0 Å². The van der Waals surface area contributed by atoms with E-state index in [2.05, 4.69) is 81.5 Å². The van der Waals surface area contributed by atoms with Crippen LogP contribution in [0.15, 0.2) is 54.6 Å². The molecule has 2 aromatic carbocycles. The second kappa shape index (κ2) is 12.2. The third-order valence-electron chi connectivity index (χ3n) is 7.06. The molecule has 2 saturated heterocycles. The summed E-state index contributed by atoms with van der Waals surface area (Å²) in [6.45, 7) is 11.5. The number of likely N-dealkylation sites (tertiary alicyclic amines) is 1. The first-order valence-electron chi connectivity index (χ1n) is 12.8. The Morgan fingerprint density at radius 1 is 0.939 bits per heavy atom. The lowest BCUT2D eigenvalue weighted by Crippen LogP contribution is -2.46. The maximum atomic E-state index is 12.7. The van der Waals surface area contributed by atoms with Gasteiger partial charge >= 0.3 is 0 Å². The number of benzene rings is 2. The standard InChI is InChI=1S/C28H40N4O/c1-24-9-7-13-27(21-24)32-19-17-30(18-20-32)15-6-5-14-29-28(33)26-12-8-16-31(23-26)22-25-10-3-2-4-11-25/h2-4,7,9-11,13,21,26H,5-6,8,12,14-20,22-23H2,1H3,(H,29,33). The van der Waals surface area contributed by atoms with Crippen LogP contribution in [-0.2, 0) is 11.3 Å². The highest BCUT2D eigenvalue weighted by Crippen LogP contribution is 2.19. The number of carbonyl (C=O) groups excluding carboxylic acids is 1. The molecule has 178 valence electrons. The summed E-state index contributed by atoms with van der Waals surface area (Å²) in [5.41, 5.74) is 4.01. The van der Waals surface area contributed by atoms with E-state index in [1.807, 2.05) is 0 Å². The van der Waals surface area contributed by atoms with Crippen molar-refractivity contribution in [3.05, 3.63) is 65.7 Å². The molecule has 2 heterocycles. The first-order valence-corrected chi connectivity index (χ1v) is 12.8. The van der Waals surface area contributed by atoms with Crippen LogP contribution in [0.4, 0.5) is 5.69 Å². The van der Waals surface area contributed by atoms with Crippen molar-refractivity contribution >= 4 is 11.6 Å². The molecule has 2 aliphatic heterocycles. The maximum absolute atomic E-state index is 12.7. The number of carbonyl (C=O) groups is 1. The molecule has 5 heteroatoms. The summed E-state index contributed by atoms with van der Waals surface area (Å²) in [6.07, 6.45) is 4.33. The zero-order chi connectivity index (χ0) is 22.9. The lowest BCUT2D eigenvalue weighted by Gasteiger charge is -2.36. The Balaban J connectivity index is 1.09. The van der Waals surface area contributed by atoms with Crippen LogP contribution in [0.3, 0.4) is 0 Å². The molecule has 2 aliphatic rings. The molecular weight excluding hydrogens is 408 g/mol. The molecular formula is C28H40N4O. The second-order valence-corrected chi connectivity index (χ2v) is 9.73. The van der Waals surface area contributed by atoms with Crippen LogP contribution in [0.1, 0.15) is 36.8 Å². The Hall–Kier alpha value is -2.37. The van der Waals surface area contributed by atoms with Crippen molar-refractivity contribution < 1.29 is 4.79 Å². The molecule has 0 aliphatic carbocycles. The number of hydrogen-bond acceptors (Lipinski definition) is 4. The molecule has 0 radical (unpaired) electrons. The van der Waals surface area contributed by atoms with Crippen molar-refractivity contribution in [2.75, 3.05) is 57.3 Å². The Morgan fingerprint density at radius 3 is 2.55 bits per heavy atom. The number of piperidine rings is 1. The van der Waals surface area contributed by atoms with Gasteiger partial charge in [0, 0.05) is 51.5 Å². The first-order chi connectivity index (χ1) is 16.2. The molecule has 2 aromatic rings. The van der Waals surface area contributed by atoms with Gasteiger partial charge in [0.2, 0.25) is 5.91 Å². The highest BCUT2D eigenvalue weighted by Gasteiger charge is 2.25. The maximum Gasteiger partial charge on any atom is 0.224 e. The van der Waals surface area contributed by atoms with E-state index < -0.39 is 0 Å². The van der Waals surface area contributed by atoms with Crippen LogP contribution in [0.2, 0.25) is 0 Å². The number of piperazine rings is 1. The average molecular weight is 449 g/mol. The monoisotopic (exact) mass is 448 g/mol. The van der Waals surface area contributed by atoms with Gasteiger partial charge in [-0.05, 0) is 69.0 Å². The number of nitrogens with zero attached hydrogens (tertiary/aromatic N) is 3. The predicted octanol–water partition coefficient (Wildman–Crippen LogP) is 3.93. The summed E-state index contributed by atoms with van der Waals surface area (Å²) in [4.78, 5) is 20.2. The smallest absolute Gasteiger partial charge is 0.224 e. The molecule has 33 heavy (non-hydrogen) atoms. The number of hydrogen-bond donors (Lipinski definition) is 1. The van der Waals surface area contributed by atoms with Gasteiger partial charge in [0.1, 0.15) is 0 Å². The number of unbranched alkanes of at least 4 members (excludes halogenated alkanes) is 1. The fourth-order valence-corrected chi connectivity index (χ4v) is 5.13. The van der Waals surface area contributed by atoms with Crippen molar-refractivity contribution in [2.24, 2.45) is 5.92 Å². The summed E-state index contributed by atoms with van der Waals surface area (Å²) < 4.78 is 0. The molecule has 1 amide bonds. The largest absolute Gasteiger partial charge is 0.369 e. The number of nitrogens with one attached hydrogen (secondary N) is 1. The Kier molecular flexibility index (Phi) is 8.79. The van der Waals surface area contributed by atoms with Crippen LogP contribution < -0.4 is 10.2 Å². The minimum Gasteiger partial charge on any atom is -0.369 e. The van der Waals surface area contributed by atoms with Crippen molar-refractivity contribution in [1.82, 2.24) is 15.1 Å². The fourth-order valence-electron chi connectivity index (χ4n) is 5.13. The molecule has 0 bridgehead atoms. The normalized spacial score (nSPS) is 20.0. The van der Waals surface area contributed by atoms with Gasteiger partial charge in [0.25, 0.3) is 0 Å². The SMILES string of the molecule is Cc1cccc(N2CCN(CCCCNC(=O)C3CCCN(Cc4ccccc4)C3)CC2)c1. The van der Waals surface area contributed by atoms with E-state index in [-0.39, 0.29) is 11.8 Å². The van der Waals surface area contributed by atoms with E-state index in [1.54, 1.807) is 0 Å². The van der Waals surface area contributed by atoms with Crippen molar-refractivity contribution in [1.29, 1.82) is 0 Å². The van der Waals surface area contributed by atoms with E-state index in [4.69, 9.17) is 0 Å². The fraction of sp³-hybridized carbons (Fsp3) is 0.536. The van der Waals surface area contributed by atoms with Crippen LogP contribution in [-0.4, -0.2) is 68.1 Å². The molecule has 5 nitrogen and oxygen atoms in total. The predicted molar refractivity (Wildman–Crippen MR) is 137 cm³/mol. The van der Waals surface area contributed by atoms with Crippen LogP contribution in [0, 0.1) is 12.8 Å². The number of aryl methyl sites for hydroxylation is 1. The minimum atomic E-state index is 0.136. The van der Waals surface area contributed by atoms with Crippen LogP contribution in [0.5, 0.6) is 0 Å². The van der Waals surface area contributed by atoms with Crippen LogP contribution in [0.25, 0.3) is 0 Å². The van der Waals surface area contributed by atoms with Gasteiger partial charge in [-0.3, -0.25) is 14.6 Å². The molecule has 2 fully saturated rings. The van der Waals surface area contributed by atoms with Gasteiger partial charge in [0.05, 0.1) is 5.92 Å². The van der Waals surface area contributed by atoms with E-state index >= 15 is 0 Å². The van der Waals surface area contributed by atoms with Gasteiger partial charge in [-0.15, -0.1) is 0 Å². The zero-order valence-corrected chi connectivity index (χ0v) is 20.2. The molecule has 0 spiro atoms. The number of amides is 1. The van der Waals surface area contributed by atoms with E-state index in [1.165, 1.54) is 16.8 Å². The summed E-state index contributed by atoms with van der Waals surface area (Å²) in [5.74, 6) is 0.386. The quantitative estimate of drug-likeness (QED) is 0.590. The third-order valence-corrected chi connectivity index (χ3v) is 7.06. The molecule has 4 rings (SSSR count). The Morgan fingerprint density at radius 2 is 1.76 bits per heavy atom. The number of anilines is 1. The lowest BCUT2D eigenvalue weighted by atomic mass is 9.96. The highest BCUT2D eigenvalue weighted by molar-refractivity contribution is 5.78. The summed E-state index contributed by atoms with van der Waals surface area (Å²) >= 11 is 0. The topological polar surface area (TPSA) is 38.8 Å². The van der Waals surface area contributed by atoms with Crippen LogP contribution >= 0.6 is 0 Å². The Labute approximate surface area is 199 Å². The van der Waals surface area contributed by atoms with Crippen molar-refractivity contribution in [2.45, 2.75) is 39.2 Å². The van der Waals surface area contributed by atoms with E-state index in [0.717, 1.165) is 84.6 Å². The second-order valence-electron chi connectivity index (χ2n) is 9.73. The highest BCUT2D eigenvalue weighted by atomic mass is 16.1. The van der Waals surface area contributed by atoms with E-state index in [0.29, 0.717) is 0 Å². The average Bonchev–Trinajstić information content (AvgIpc) is 2.85. The molecule has 0 saturated carbocycles. The minimum absolute atomic E-state index is 0.136. The van der Waals surface area contributed by atoms with Crippen molar-refractivity contribution in [3.8, 4) is 0 Å². The molecule has 1 atom stereocenters. The van der Waals surface area contributed by atoms with Gasteiger partial charge in [0.15, 0.2) is 0 Å².